The Morgan fingerprint density at radius 1 is 0.923 bits per heavy atom. The quantitative estimate of drug-likeness (QED) is 0.682. The Morgan fingerprint density at radius 3 is 2.19 bits per heavy atom. The van der Waals surface area contributed by atoms with Crippen LogP contribution in [0, 0.1) is 11.6 Å². The maximum Gasteiger partial charge on any atom is 0.247 e. The SMILES string of the molecule is O=S(=O)(Cc1ccc(F)cc1)NCCc1nnc(-c2ccc(F)cc2)o1. The van der Waals surface area contributed by atoms with E-state index in [9.17, 15) is 17.2 Å². The zero-order chi connectivity index (χ0) is 18.6. The van der Waals surface area contributed by atoms with Crippen LogP contribution in [-0.4, -0.2) is 25.2 Å². The molecule has 3 aromatic rings. The fourth-order valence-corrected chi connectivity index (χ4v) is 3.37. The fourth-order valence-electron chi connectivity index (χ4n) is 2.23. The number of hydrogen-bond acceptors (Lipinski definition) is 5. The highest BCUT2D eigenvalue weighted by Crippen LogP contribution is 2.18. The largest absolute Gasteiger partial charge is 0.421 e. The number of sulfonamides is 1. The number of rotatable bonds is 7. The highest BCUT2D eigenvalue weighted by molar-refractivity contribution is 7.88. The van der Waals surface area contributed by atoms with Gasteiger partial charge in [-0.3, -0.25) is 0 Å². The van der Waals surface area contributed by atoms with E-state index in [1.54, 1.807) is 0 Å². The van der Waals surface area contributed by atoms with Crippen LogP contribution in [0.4, 0.5) is 8.78 Å². The molecule has 1 aromatic heterocycles. The Hall–Kier alpha value is -2.65. The lowest BCUT2D eigenvalue weighted by Crippen LogP contribution is -2.27. The number of halogens is 2. The smallest absolute Gasteiger partial charge is 0.247 e. The molecule has 0 aliphatic carbocycles. The van der Waals surface area contributed by atoms with Gasteiger partial charge >= 0.3 is 0 Å². The van der Waals surface area contributed by atoms with E-state index in [2.05, 4.69) is 14.9 Å². The highest BCUT2D eigenvalue weighted by atomic mass is 32.2. The molecule has 0 bridgehead atoms. The summed E-state index contributed by atoms with van der Waals surface area (Å²) >= 11 is 0. The van der Waals surface area contributed by atoms with Crippen molar-refractivity contribution >= 4 is 10.0 Å². The number of aromatic nitrogens is 2. The van der Waals surface area contributed by atoms with E-state index in [1.807, 2.05) is 0 Å². The normalized spacial score (nSPS) is 11.6. The average Bonchev–Trinajstić information content (AvgIpc) is 3.06. The predicted octanol–water partition coefficient (Wildman–Crippen LogP) is 2.68. The lowest BCUT2D eigenvalue weighted by Gasteiger charge is -2.05. The van der Waals surface area contributed by atoms with Gasteiger partial charge < -0.3 is 4.42 Å². The van der Waals surface area contributed by atoms with Gasteiger partial charge in [0.15, 0.2) is 0 Å². The van der Waals surface area contributed by atoms with Crippen LogP contribution in [0.1, 0.15) is 11.5 Å². The second-order valence-corrected chi connectivity index (χ2v) is 7.34. The van der Waals surface area contributed by atoms with E-state index in [1.165, 1.54) is 48.5 Å². The van der Waals surface area contributed by atoms with Gasteiger partial charge in [-0.05, 0) is 42.0 Å². The minimum absolute atomic E-state index is 0.0780. The molecule has 0 atom stereocenters. The van der Waals surface area contributed by atoms with Gasteiger partial charge in [0.2, 0.25) is 21.8 Å². The molecule has 0 saturated heterocycles. The first-order chi connectivity index (χ1) is 12.4. The third-order valence-electron chi connectivity index (χ3n) is 3.49. The summed E-state index contributed by atoms with van der Waals surface area (Å²) in [5.74, 6) is -0.558. The van der Waals surface area contributed by atoms with E-state index in [0.717, 1.165) is 0 Å². The summed E-state index contributed by atoms with van der Waals surface area (Å²) in [6.45, 7) is 0.0780. The standard InChI is InChI=1S/C17H15F2N3O3S/c18-14-5-1-12(2-6-14)11-26(23,24)20-10-9-16-21-22-17(25-16)13-3-7-15(19)8-4-13/h1-8,20H,9-11H2. The topological polar surface area (TPSA) is 85.1 Å². The maximum atomic E-state index is 12.9. The lowest BCUT2D eigenvalue weighted by molar-refractivity contribution is 0.501. The summed E-state index contributed by atoms with van der Waals surface area (Å²) in [7, 11) is -3.57. The average molecular weight is 379 g/mol. The van der Waals surface area contributed by atoms with Crippen LogP contribution in [0.25, 0.3) is 11.5 Å². The number of benzene rings is 2. The molecule has 0 saturated carbocycles. The van der Waals surface area contributed by atoms with Crippen molar-refractivity contribution in [1.82, 2.24) is 14.9 Å². The van der Waals surface area contributed by atoms with Crippen molar-refractivity contribution in [2.24, 2.45) is 0 Å². The molecule has 9 heteroatoms. The summed E-state index contributed by atoms with van der Waals surface area (Å²) in [6, 6.07) is 10.8. The van der Waals surface area contributed by atoms with Gasteiger partial charge in [-0.2, -0.15) is 0 Å². The Kier molecular flexibility index (Phi) is 5.38. The molecule has 0 aliphatic heterocycles. The monoisotopic (exact) mass is 379 g/mol. The molecule has 2 aromatic carbocycles. The molecule has 0 fully saturated rings. The molecular weight excluding hydrogens is 364 g/mol. The van der Waals surface area contributed by atoms with Crippen molar-refractivity contribution in [2.45, 2.75) is 12.2 Å². The molecule has 0 unspecified atom stereocenters. The summed E-state index contributed by atoms with van der Waals surface area (Å²) in [5, 5.41) is 7.70. The van der Waals surface area contributed by atoms with Gasteiger partial charge in [0.25, 0.3) is 0 Å². The number of nitrogens with one attached hydrogen (secondary N) is 1. The molecular formula is C17H15F2N3O3S. The van der Waals surface area contributed by atoms with E-state index >= 15 is 0 Å². The summed E-state index contributed by atoms with van der Waals surface area (Å²) in [4.78, 5) is 0. The van der Waals surface area contributed by atoms with Gasteiger partial charge in [0, 0.05) is 18.5 Å². The third-order valence-corrected chi connectivity index (χ3v) is 4.85. The van der Waals surface area contributed by atoms with Crippen molar-refractivity contribution in [3.63, 3.8) is 0 Å². The van der Waals surface area contributed by atoms with E-state index < -0.39 is 15.8 Å². The second kappa shape index (κ2) is 7.71. The minimum atomic E-state index is -3.57. The van der Waals surface area contributed by atoms with Crippen LogP contribution in [0.15, 0.2) is 52.9 Å². The molecule has 136 valence electrons. The van der Waals surface area contributed by atoms with Crippen LogP contribution < -0.4 is 4.72 Å². The first kappa shape index (κ1) is 18.2. The maximum absolute atomic E-state index is 12.9. The van der Waals surface area contributed by atoms with Crippen LogP contribution in [0.5, 0.6) is 0 Å². The van der Waals surface area contributed by atoms with Crippen molar-refractivity contribution < 1.29 is 21.6 Å². The zero-order valence-corrected chi connectivity index (χ0v) is 14.3. The molecule has 6 nitrogen and oxygen atoms in total. The fraction of sp³-hybridized carbons (Fsp3) is 0.176. The molecule has 3 rings (SSSR count). The molecule has 0 aliphatic rings. The summed E-state index contributed by atoms with van der Waals surface area (Å²) in [5.41, 5.74) is 1.05. The Morgan fingerprint density at radius 2 is 1.54 bits per heavy atom. The van der Waals surface area contributed by atoms with E-state index in [0.29, 0.717) is 11.1 Å². The molecule has 1 N–H and O–H groups in total. The lowest BCUT2D eigenvalue weighted by atomic mass is 10.2. The molecule has 26 heavy (non-hydrogen) atoms. The minimum Gasteiger partial charge on any atom is -0.421 e. The first-order valence-corrected chi connectivity index (χ1v) is 9.37. The third kappa shape index (κ3) is 4.93. The van der Waals surface area contributed by atoms with Crippen LogP contribution in [0.2, 0.25) is 0 Å². The Balaban J connectivity index is 1.54. The number of nitrogens with zero attached hydrogens (tertiary/aromatic N) is 2. The summed E-state index contributed by atoms with van der Waals surface area (Å²) in [6.07, 6.45) is 0.205. The van der Waals surface area contributed by atoms with Crippen LogP contribution >= 0.6 is 0 Å². The summed E-state index contributed by atoms with van der Waals surface area (Å²) < 4.78 is 57.7. The van der Waals surface area contributed by atoms with Crippen LogP contribution in [-0.2, 0) is 22.2 Å². The van der Waals surface area contributed by atoms with E-state index in [4.69, 9.17) is 4.42 Å². The van der Waals surface area contributed by atoms with Crippen molar-refractivity contribution in [1.29, 1.82) is 0 Å². The van der Waals surface area contributed by atoms with Gasteiger partial charge in [-0.25, -0.2) is 21.9 Å². The predicted molar refractivity (Wildman–Crippen MR) is 90.4 cm³/mol. The molecule has 0 spiro atoms. The van der Waals surface area contributed by atoms with Gasteiger partial charge in [-0.15, -0.1) is 10.2 Å². The number of hydrogen-bond donors (Lipinski definition) is 1. The molecule has 0 radical (unpaired) electrons. The van der Waals surface area contributed by atoms with Crippen molar-refractivity contribution in [2.75, 3.05) is 6.54 Å². The van der Waals surface area contributed by atoms with E-state index in [-0.39, 0.29) is 36.3 Å². The van der Waals surface area contributed by atoms with Gasteiger partial charge in [0.1, 0.15) is 11.6 Å². The first-order valence-electron chi connectivity index (χ1n) is 7.71. The molecule has 0 amide bonds. The van der Waals surface area contributed by atoms with Gasteiger partial charge in [-0.1, -0.05) is 12.1 Å². The van der Waals surface area contributed by atoms with Crippen molar-refractivity contribution in [3.05, 3.63) is 71.6 Å². The molecule has 1 heterocycles. The van der Waals surface area contributed by atoms with Crippen LogP contribution in [0.3, 0.4) is 0 Å². The van der Waals surface area contributed by atoms with Crippen molar-refractivity contribution in [3.8, 4) is 11.5 Å². The highest BCUT2D eigenvalue weighted by Gasteiger charge is 2.13. The zero-order valence-electron chi connectivity index (χ0n) is 13.5. The Bertz CT molecular complexity index is 971. The second-order valence-electron chi connectivity index (χ2n) is 5.54. The Labute approximate surface area is 148 Å². The van der Waals surface area contributed by atoms with Gasteiger partial charge in [0.05, 0.1) is 5.75 Å².